The fraction of sp³-hybridized carbons (Fsp3) is 0.118. The number of nitrogens with one attached hydrogen (secondary N) is 1. The fourth-order valence-electron chi connectivity index (χ4n) is 1.82. The first kappa shape index (κ1) is 15.9. The second-order valence-electron chi connectivity index (χ2n) is 4.61. The Hall–Kier alpha value is -2.46. The van der Waals surface area contributed by atoms with E-state index in [1.54, 1.807) is 30.3 Å². The van der Waals surface area contributed by atoms with E-state index in [9.17, 15) is 9.90 Å². The van der Waals surface area contributed by atoms with Crippen LogP contribution in [0.2, 0.25) is 5.02 Å². The number of phenols is 1. The summed E-state index contributed by atoms with van der Waals surface area (Å²) < 4.78 is 5.01. The van der Waals surface area contributed by atoms with Gasteiger partial charge < -0.3 is 15.2 Å². The number of benzene rings is 2. The molecule has 0 fully saturated rings. The number of phenolic OH excluding ortho intramolecular Hbond substituents is 1. The average Bonchev–Trinajstić information content (AvgIpc) is 2.53. The number of methoxy groups -OCH3 is 1. The van der Waals surface area contributed by atoms with E-state index in [-0.39, 0.29) is 11.7 Å². The molecular weight excluding hydrogens is 302 g/mol. The molecule has 0 bridgehead atoms. The highest BCUT2D eigenvalue weighted by Crippen LogP contribution is 2.26. The topological polar surface area (TPSA) is 58.6 Å². The van der Waals surface area contributed by atoms with E-state index >= 15 is 0 Å². The maximum Gasteiger partial charge on any atom is 0.244 e. The van der Waals surface area contributed by atoms with Crippen LogP contribution in [0.1, 0.15) is 11.1 Å². The number of hydrogen-bond acceptors (Lipinski definition) is 3. The molecule has 0 aliphatic rings. The van der Waals surface area contributed by atoms with Gasteiger partial charge in [0.2, 0.25) is 5.91 Å². The van der Waals surface area contributed by atoms with E-state index in [1.165, 1.54) is 19.3 Å². The number of rotatable bonds is 5. The molecule has 2 N–H and O–H groups in total. The Morgan fingerprint density at radius 1 is 1.27 bits per heavy atom. The SMILES string of the molecule is COc1cc(/C=C/C(=O)NCc2ccc(Cl)cc2)ccc1O. The zero-order valence-corrected chi connectivity index (χ0v) is 12.8. The summed E-state index contributed by atoms with van der Waals surface area (Å²) in [6.45, 7) is 0.430. The van der Waals surface area contributed by atoms with Crippen molar-refractivity contribution in [3.8, 4) is 11.5 Å². The molecule has 114 valence electrons. The predicted octanol–water partition coefficient (Wildman–Crippen LogP) is 3.38. The van der Waals surface area contributed by atoms with Crippen LogP contribution in [0.4, 0.5) is 0 Å². The highest BCUT2D eigenvalue weighted by atomic mass is 35.5. The summed E-state index contributed by atoms with van der Waals surface area (Å²) in [4.78, 5) is 11.8. The maximum absolute atomic E-state index is 11.8. The van der Waals surface area contributed by atoms with E-state index in [4.69, 9.17) is 16.3 Å². The van der Waals surface area contributed by atoms with Gasteiger partial charge in [0.05, 0.1) is 7.11 Å². The van der Waals surface area contributed by atoms with Gasteiger partial charge in [-0.2, -0.15) is 0 Å². The molecule has 0 saturated carbocycles. The Bertz CT molecular complexity index is 681. The number of aromatic hydroxyl groups is 1. The van der Waals surface area contributed by atoms with Crippen LogP contribution in [0.15, 0.2) is 48.5 Å². The quantitative estimate of drug-likeness (QED) is 0.831. The van der Waals surface area contributed by atoms with Crippen LogP contribution in [0, 0.1) is 0 Å². The van der Waals surface area contributed by atoms with Gasteiger partial charge in [-0.1, -0.05) is 29.8 Å². The smallest absolute Gasteiger partial charge is 0.244 e. The molecule has 2 aromatic rings. The normalized spacial score (nSPS) is 10.6. The van der Waals surface area contributed by atoms with Crippen LogP contribution in [0.25, 0.3) is 6.08 Å². The molecule has 2 rings (SSSR count). The number of carbonyl (C=O) groups is 1. The van der Waals surface area contributed by atoms with Crippen LogP contribution >= 0.6 is 11.6 Å². The van der Waals surface area contributed by atoms with Gasteiger partial charge in [-0.05, 0) is 41.5 Å². The lowest BCUT2D eigenvalue weighted by molar-refractivity contribution is -0.116. The maximum atomic E-state index is 11.8. The summed E-state index contributed by atoms with van der Waals surface area (Å²) in [6, 6.07) is 12.1. The monoisotopic (exact) mass is 317 g/mol. The summed E-state index contributed by atoms with van der Waals surface area (Å²) in [5, 5.41) is 12.9. The largest absolute Gasteiger partial charge is 0.504 e. The molecule has 0 atom stereocenters. The summed E-state index contributed by atoms with van der Waals surface area (Å²) in [6.07, 6.45) is 3.08. The molecule has 0 aromatic heterocycles. The first-order chi connectivity index (χ1) is 10.6. The molecule has 1 amide bonds. The minimum absolute atomic E-state index is 0.0619. The fourth-order valence-corrected chi connectivity index (χ4v) is 1.95. The lowest BCUT2D eigenvalue weighted by Gasteiger charge is -2.04. The Balaban J connectivity index is 1.92. The van der Waals surface area contributed by atoms with Crippen molar-refractivity contribution in [3.05, 3.63) is 64.7 Å². The number of amides is 1. The lowest BCUT2D eigenvalue weighted by atomic mass is 10.2. The Morgan fingerprint density at radius 2 is 2.00 bits per heavy atom. The summed E-state index contributed by atoms with van der Waals surface area (Å²) >= 11 is 5.80. The number of ether oxygens (including phenoxy) is 1. The first-order valence-electron chi connectivity index (χ1n) is 6.66. The third-order valence-corrected chi connectivity index (χ3v) is 3.26. The van der Waals surface area contributed by atoms with Crippen molar-refractivity contribution in [2.45, 2.75) is 6.54 Å². The number of hydrogen-bond donors (Lipinski definition) is 2. The first-order valence-corrected chi connectivity index (χ1v) is 7.03. The second-order valence-corrected chi connectivity index (χ2v) is 5.05. The van der Waals surface area contributed by atoms with E-state index < -0.39 is 0 Å². The third kappa shape index (κ3) is 4.53. The molecule has 0 aliphatic carbocycles. The molecule has 0 unspecified atom stereocenters. The standard InChI is InChI=1S/C17H16ClNO3/c1-22-16-10-12(4-8-15(16)20)5-9-17(21)19-11-13-2-6-14(18)7-3-13/h2-10,20H,11H2,1H3,(H,19,21)/b9-5+. The van der Waals surface area contributed by atoms with Crippen molar-refractivity contribution in [2.75, 3.05) is 7.11 Å². The third-order valence-electron chi connectivity index (χ3n) is 3.01. The Kier molecular flexibility index (Phi) is 5.44. The van der Waals surface area contributed by atoms with E-state index in [1.807, 2.05) is 12.1 Å². The Labute approximate surface area is 134 Å². The van der Waals surface area contributed by atoms with Gasteiger partial charge in [0.25, 0.3) is 0 Å². The molecule has 0 spiro atoms. The summed E-state index contributed by atoms with van der Waals surface area (Å²) in [5.74, 6) is 0.220. The molecule has 0 heterocycles. The highest BCUT2D eigenvalue weighted by molar-refractivity contribution is 6.30. The van der Waals surface area contributed by atoms with Crippen molar-refractivity contribution < 1.29 is 14.6 Å². The van der Waals surface area contributed by atoms with Crippen molar-refractivity contribution >= 4 is 23.6 Å². The average molecular weight is 318 g/mol. The van der Waals surface area contributed by atoms with Gasteiger partial charge in [-0.15, -0.1) is 0 Å². The highest BCUT2D eigenvalue weighted by Gasteiger charge is 2.01. The molecular formula is C17H16ClNO3. The molecule has 5 heteroatoms. The molecule has 0 saturated heterocycles. The molecule has 22 heavy (non-hydrogen) atoms. The van der Waals surface area contributed by atoms with Crippen molar-refractivity contribution in [1.82, 2.24) is 5.32 Å². The van der Waals surface area contributed by atoms with Gasteiger partial charge in [-0.3, -0.25) is 4.79 Å². The van der Waals surface area contributed by atoms with Crippen molar-refractivity contribution in [1.29, 1.82) is 0 Å². The van der Waals surface area contributed by atoms with Crippen LogP contribution in [-0.4, -0.2) is 18.1 Å². The van der Waals surface area contributed by atoms with Crippen molar-refractivity contribution in [3.63, 3.8) is 0 Å². The van der Waals surface area contributed by atoms with Crippen LogP contribution < -0.4 is 10.1 Å². The number of carbonyl (C=O) groups excluding carboxylic acids is 1. The molecule has 2 aromatic carbocycles. The minimum atomic E-state index is -0.206. The van der Waals surface area contributed by atoms with E-state index in [0.717, 1.165) is 11.1 Å². The van der Waals surface area contributed by atoms with Gasteiger partial charge >= 0.3 is 0 Å². The molecule has 4 nitrogen and oxygen atoms in total. The Morgan fingerprint density at radius 3 is 2.68 bits per heavy atom. The zero-order chi connectivity index (χ0) is 15.9. The predicted molar refractivity (Wildman–Crippen MR) is 87.0 cm³/mol. The number of halogens is 1. The molecule has 0 aliphatic heterocycles. The van der Waals surface area contributed by atoms with Crippen LogP contribution in [0.5, 0.6) is 11.5 Å². The molecule has 0 radical (unpaired) electrons. The van der Waals surface area contributed by atoms with Gasteiger partial charge in [-0.25, -0.2) is 0 Å². The van der Waals surface area contributed by atoms with Crippen LogP contribution in [-0.2, 0) is 11.3 Å². The van der Waals surface area contributed by atoms with Crippen LogP contribution in [0.3, 0.4) is 0 Å². The van der Waals surface area contributed by atoms with Crippen molar-refractivity contribution in [2.24, 2.45) is 0 Å². The minimum Gasteiger partial charge on any atom is -0.504 e. The lowest BCUT2D eigenvalue weighted by Crippen LogP contribution is -2.20. The van der Waals surface area contributed by atoms with E-state index in [2.05, 4.69) is 5.32 Å². The van der Waals surface area contributed by atoms with E-state index in [0.29, 0.717) is 17.3 Å². The second kappa shape index (κ2) is 7.52. The van der Waals surface area contributed by atoms with Gasteiger partial charge in [0.1, 0.15) is 0 Å². The van der Waals surface area contributed by atoms with Gasteiger partial charge in [0, 0.05) is 17.6 Å². The summed E-state index contributed by atoms with van der Waals surface area (Å²) in [5.41, 5.74) is 1.73. The van der Waals surface area contributed by atoms with Gasteiger partial charge in [0.15, 0.2) is 11.5 Å². The summed E-state index contributed by atoms with van der Waals surface area (Å²) in [7, 11) is 1.47. The zero-order valence-electron chi connectivity index (χ0n) is 12.0.